The zero-order valence-electron chi connectivity index (χ0n) is 30.2. The Morgan fingerprint density at radius 2 is 0.873 bits per heavy atom. The zero-order chi connectivity index (χ0) is 36.3. The quantitative estimate of drug-likeness (QED) is 0.167. The van der Waals surface area contributed by atoms with E-state index in [0.717, 1.165) is 40.3 Å². The van der Waals surface area contributed by atoms with Crippen molar-refractivity contribution in [2.45, 2.75) is 12.8 Å². The summed E-state index contributed by atoms with van der Waals surface area (Å²) in [6.45, 7) is 0. The molecule has 0 unspecified atom stereocenters. The van der Waals surface area contributed by atoms with Crippen LogP contribution in [0.1, 0.15) is 24.1 Å². The van der Waals surface area contributed by atoms with Crippen LogP contribution in [0.5, 0.6) is 0 Å². The van der Waals surface area contributed by atoms with Gasteiger partial charge in [0.2, 0.25) is 0 Å². The van der Waals surface area contributed by atoms with Crippen molar-refractivity contribution in [1.82, 2.24) is 14.5 Å². The van der Waals surface area contributed by atoms with Gasteiger partial charge in [0.05, 0.1) is 34.0 Å². The summed E-state index contributed by atoms with van der Waals surface area (Å²) in [5, 5.41) is 7.29. The van der Waals surface area contributed by atoms with Crippen LogP contribution in [0, 0.1) is 0 Å². The summed E-state index contributed by atoms with van der Waals surface area (Å²) in [5.41, 5.74) is 15.2. The zero-order valence-corrected chi connectivity index (χ0v) is 30.2. The van der Waals surface area contributed by atoms with Gasteiger partial charge >= 0.3 is 0 Å². The van der Waals surface area contributed by atoms with Gasteiger partial charge in [-0.3, -0.25) is 4.98 Å². The molecule has 0 radical (unpaired) electrons. The van der Waals surface area contributed by atoms with Crippen LogP contribution in [0.25, 0.3) is 93.5 Å². The SMILES string of the molecule is C1=C(c2ccc(-c3ccc(-c4cccc(-n5c6ccccc6c6ccccc65)c4)cc3)cc2)CCC(c2cnc3c4ccccc4c4ccccc4c3n2)=C1. The van der Waals surface area contributed by atoms with Crippen LogP contribution in [0.15, 0.2) is 188 Å². The van der Waals surface area contributed by atoms with Crippen LogP contribution in [0.2, 0.25) is 0 Å². The summed E-state index contributed by atoms with van der Waals surface area (Å²) >= 11 is 0. The molecule has 0 aliphatic heterocycles. The number of para-hydroxylation sites is 2. The number of aromatic nitrogens is 3. The van der Waals surface area contributed by atoms with E-state index in [1.807, 2.05) is 6.20 Å². The number of allylic oxidation sites excluding steroid dienone is 4. The Kier molecular flexibility index (Phi) is 7.31. The van der Waals surface area contributed by atoms with Gasteiger partial charge in [-0.05, 0) is 86.8 Å². The maximum atomic E-state index is 5.22. The van der Waals surface area contributed by atoms with E-state index in [1.54, 1.807) is 0 Å². The van der Waals surface area contributed by atoms with Crippen molar-refractivity contribution in [3.8, 4) is 27.9 Å². The van der Waals surface area contributed by atoms with Gasteiger partial charge in [-0.1, -0.05) is 158 Å². The molecule has 0 N–H and O–H groups in total. The lowest BCUT2D eigenvalue weighted by molar-refractivity contribution is 1.05. The molecule has 1 aliphatic rings. The van der Waals surface area contributed by atoms with Crippen molar-refractivity contribution in [1.29, 1.82) is 0 Å². The highest BCUT2D eigenvalue weighted by Gasteiger charge is 2.16. The number of rotatable bonds is 5. The van der Waals surface area contributed by atoms with Gasteiger partial charge in [-0.15, -0.1) is 0 Å². The second kappa shape index (κ2) is 12.8. The Labute approximate surface area is 319 Å². The van der Waals surface area contributed by atoms with E-state index in [9.17, 15) is 0 Å². The predicted octanol–water partition coefficient (Wildman–Crippen LogP) is 13.6. The number of fused-ring (bicyclic) bond motifs is 9. The fourth-order valence-corrected chi connectivity index (χ4v) is 8.63. The molecule has 258 valence electrons. The Balaban J connectivity index is 0.848. The lowest BCUT2D eigenvalue weighted by atomic mass is 9.91. The van der Waals surface area contributed by atoms with Crippen molar-refractivity contribution >= 4 is 65.5 Å². The number of benzene rings is 8. The van der Waals surface area contributed by atoms with Crippen LogP contribution in [0.4, 0.5) is 0 Å². The predicted molar refractivity (Wildman–Crippen MR) is 231 cm³/mol. The summed E-state index contributed by atoms with van der Waals surface area (Å²) < 4.78 is 2.38. The van der Waals surface area contributed by atoms with Gasteiger partial charge in [0.25, 0.3) is 0 Å². The Hall–Kier alpha value is -7.10. The molecule has 0 atom stereocenters. The third kappa shape index (κ3) is 5.27. The van der Waals surface area contributed by atoms with Crippen molar-refractivity contribution in [3.05, 3.63) is 199 Å². The lowest BCUT2D eigenvalue weighted by Crippen LogP contribution is -1.98. The highest BCUT2D eigenvalue weighted by Crippen LogP contribution is 2.37. The number of hydrogen-bond donors (Lipinski definition) is 0. The van der Waals surface area contributed by atoms with E-state index in [4.69, 9.17) is 9.97 Å². The highest BCUT2D eigenvalue weighted by atomic mass is 15.0. The van der Waals surface area contributed by atoms with E-state index >= 15 is 0 Å². The lowest BCUT2D eigenvalue weighted by Gasteiger charge is -2.16. The van der Waals surface area contributed by atoms with Crippen molar-refractivity contribution in [2.24, 2.45) is 0 Å². The van der Waals surface area contributed by atoms with E-state index in [0.29, 0.717) is 0 Å². The smallest absolute Gasteiger partial charge is 0.0979 e. The summed E-state index contributed by atoms with van der Waals surface area (Å²) in [4.78, 5) is 10.2. The van der Waals surface area contributed by atoms with Gasteiger partial charge in [0.1, 0.15) is 0 Å². The largest absolute Gasteiger partial charge is 0.309 e. The molecule has 8 aromatic carbocycles. The van der Waals surface area contributed by atoms with Crippen molar-refractivity contribution in [3.63, 3.8) is 0 Å². The molecule has 0 spiro atoms. The molecule has 11 rings (SSSR count). The molecule has 0 bridgehead atoms. The van der Waals surface area contributed by atoms with E-state index in [1.165, 1.54) is 77.2 Å². The highest BCUT2D eigenvalue weighted by molar-refractivity contribution is 6.23. The standard InChI is InChI=1S/C52H35N3/c1-3-16-46-42(12-1)43-13-2-4-17-47(43)52-51(46)53-33-48(54-52)39-30-28-37(29-31-39)35-22-20-34(21-23-35)36-24-26-38(27-25-36)40-10-9-11-41(32-40)55-49-18-7-5-14-44(49)45-15-6-8-19-50(45)55/h1-28,30,32-33H,29,31H2. The topological polar surface area (TPSA) is 30.7 Å². The Bertz CT molecular complexity index is 3090. The van der Waals surface area contributed by atoms with Crippen molar-refractivity contribution < 1.29 is 0 Å². The molecule has 0 saturated carbocycles. The molecule has 2 aromatic heterocycles. The minimum absolute atomic E-state index is 0.929. The Morgan fingerprint density at radius 1 is 0.382 bits per heavy atom. The fraction of sp³-hybridized carbons (Fsp3) is 0.0385. The molecular weight excluding hydrogens is 667 g/mol. The van der Waals surface area contributed by atoms with Gasteiger partial charge < -0.3 is 4.57 Å². The average molecular weight is 702 g/mol. The maximum Gasteiger partial charge on any atom is 0.0979 e. The van der Waals surface area contributed by atoms with Crippen molar-refractivity contribution in [2.75, 3.05) is 0 Å². The minimum Gasteiger partial charge on any atom is -0.309 e. The molecule has 0 fully saturated rings. The van der Waals surface area contributed by atoms with E-state index in [-0.39, 0.29) is 0 Å². The first-order valence-electron chi connectivity index (χ1n) is 19.0. The summed E-state index contributed by atoms with van der Waals surface area (Å²) in [6, 6.07) is 61.3. The first-order chi connectivity index (χ1) is 27.3. The fourth-order valence-electron chi connectivity index (χ4n) is 8.63. The first kappa shape index (κ1) is 31.4. The van der Waals surface area contributed by atoms with Gasteiger partial charge in [0.15, 0.2) is 0 Å². The molecule has 2 heterocycles. The van der Waals surface area contributed by atoms with Crippen LogP contribution in [0.3, 0.4) is 0 Å². The van der Waals surface area contributed by atoms with Gasteiger partial charge in [0, 0.05) is 27.2 Å². The molecule has 3 heteroatoms. The molecule has 55 heavy (non-hydrogen) atoms. The number of hydrogen-bond acceptors (Lipinski definition) is 2. The summed E-state index contributed by atoms with van der Waals surface area (Å²) in [5.74, 6) is 0. The van der Waals surface area contributed by atoms with Crippen LogP contribution in [-0.2, 0) is 0 Å². The van der Waals surface area contributed by atoms with Crippen LogP contribution < -0.4 is 0 Å². The monoisotopic (exact) mass is 701 g/mol. The number of nitrogens with zero attached hydrogens (tertiary/aromatic N) is 3. The van der Waals surface area contributed by atoms with E-state index in [2.05, 4.69) is 187 Å². The molecule has 1 aliphatic carbocycles. The maximum absolute atomic E-state index is 5.22. The second-order valence-corrected chi connectivity index (χ2v) is 14.5. The molecule has 0 saturated heterocycles. The third-order valence-corrected chi connectivity index (χ3v) is 11.4. The normalized spacial score (nSPS) is 13.2. The average Bonchev–Trinajstić information content (AvgIpc) is 3.61. The van der Waals surface area contributed by atoms with Crippen LogP contribution >= 0.6 is 0 Å². The van der Waals surface area contributed by atoms with Gasteiger partial charge in [-0.2, -0.15) is 0 Å². The van der Waals surface area contributed by atoms with Crippen LogP contribution in [-0.4, -0.2) is 14.5 Å². The summed E-state index contributed by atoms with van der Waals surface area (Å²) in [7, 11) is 0. The summed E-state index contributed by atoms with van der Waals surface area (Å²) in [6.07, 6.45) is 8.35. The molecule has 3 nitrogen and oxygen atoms in total. The molecular formula is C52H35N3. The third-order valence-electron chi connectivity index (χ3n) is 11.4. The molecule has 10 aromatic rings. The first-order valence-corrected chi connectivity index (χ1v) is 19.0. The van der Waals surface area contributed by atoms with E-state index < -0.39 is 0 Å². The van der Waals surface area contributed by atoms with Gasteiger partial charge in [-0.25, -0.2) is 4.98 Å². The minimum atomic E-state index is 0.929. The Morgan fingerprint density at radius 3 is 1.47 bits per heavy atom. The molecule has 0 amide bonds. The second-order valence-electron chi connectivity index (χ2n) is 14.5.